The molecule has 2 aromatic carbocycles. The number of rotatable bonds is 7. The number of anilines is 2. The Labute approximate surface area is 123 Å². The highest BCUT2D eigenvalue weighted by molar-refractivity contribution is 5.73. The van der Waals surface area contributed by atoms with Crippen LogP contribution in [0.25, 0.3) is 0 Å². The van der Waals surface area contributed by atoms with E-state index < -0.39 is 12.1 Å². The SMILES string of the molecule is COCC(Oc1ccc(Nc2ccccc2)cc1)C(=O)O. The van der Waals surface area contributed by atoms with E-state index in [2.05, 4.69) is 5.32 Å². The molecule has 0 bridgehead atoms. The summed E-state index contributed by atoms with van der Waals surface area (Å²) in [5.74, 6) is -0.568. The third kappa shape index (κ3) is 4.50. The third-order valence-corrected chi connectivity index (χ3v) is 2.79. The molecule has 0 saturated heterocycles. The summed E-state index contributed by atoms with van der Waals surface area (Å²) >= 11 is 0. The molecule has 2 aromatic rings. The standard InChI is InChI=1S/C16H17NO4/c1-20-11-15(16(18)19)21-14-9-7-13(8-10-14)17-12-5-3-2-4-6-12/h2-10,15,17H,11H2,1H3,(H,18,19). The molecule has 1 atom stereocenters. The Hall–Kier alpha value is -2.53. The molecule has 5 heteroatoms. The normalized spacial score (nSPS) is 11.7. The molecule has 0 saturated carbocycles. The van der Waals surface area contributed by atoms with Gasteiger partial charge in [0.25, 0.3) is 0 Å². The highest BCUT2D eigenvalue weighted by Crippen LogP contribution is 2.20. The molecule has 0 heterocycles. The fraction of sp³-hybridized carbons (Fsp3) is 0.188. The first-order valence-electron chi connectivity index (χ1n) is 6.49. The smallest absolute Gasteiger partial charge is 0.347 e. The Kier molecular flexibility index (Phi) is 5.17. The average Bonchev–Trinajstić information content (AvgIpc) is 2.49. The highest BCUT2D eigenvalue weighted by Gasteiger charge is 2.18. The number of hydrogen-bond acceptors (Lipinski definition) is 4. The van der Waals surface area contributed by atoms with E-state index in [-0.39, 0.29) is 6.61 Å². The van der Waals surface area contributed by atoms with Crippen LogP contribution < -0.4 is 10.1 Å². The number of benzene rings is 2. The molecule has 110 valence electrons. The number of aliphatic carboxylic acids is 1. The predicted octanol–water partition coefficient (Wildman–Crippen LogP) is 2.91. The molecular formula is C16H17NO4. The number of carboxylic acid groups (broad SMARTS) is 1. The average molecular weight is 287 g/mol. The summed E-state index contributed by atoms with van der Waals surface area (Å²) in [6, 6.07) is 16.9. The highest BCUT2D eigenvalue weighted by atomic mass is 16.5. The van der Waals surface area contributed by atoms with Gasteiger partial charge in [-0.1, -0.05) is 18.2 Å². The second kappa shape index (κ2) is 7.31. The maximum atomic E-state index is 11.0. The summed E-state index contributed by atoms with van der Waals surface area (Å²) in [5, 5.41) is 12.2. The van der Waals surface area contributed by atoms with Crippen molar-refractivity contribution in [3.63, 3.8) is 0 Å². The van der Waals surface area contributed by atoms with Gasteiger partial charge in [-0.15, -0.1) is 0 Å². The Morgan fingerprint density at radius 3 is 2.29 bits per heavy atom. The molecule has 0 spiro atoms. The van der Waals surface area contributed by atoms with Gasteiger partial charge in [-0.3, -0.25) is 0 Å². The van der Waals surface area contributed by atoms with Gasteiger partial charge in [0.05, 0.1) is 6.61 Å². The van der Waals surface area contributed by atoms with Crippen molar-refractivity contribution in [1.82, 2.24) is 0 Å². The fourth-order valence-electron chi connectivity index (χ4n) is 1.78. The zero-order valence-electron chi connectivity index (χ0n) is 11.7. The maximum absolute atomic E-state index is 11.0. The summed E-state index contributed by atoms with van der Waals surface area (Å²) in [4.78, 5) is 11.0. The van der Waals surface area contributed by atoms with Crippen molar-refractivity contribution < 1.29 is 19.4 Å². The van der Waals surface area contributed by atoms with Crippen LogP contribution in [0, 0.1) is 0 Å². The number of para-hydroxylation sites is 1. The van der Waals surface area contributed by atoms with Crippen LogP contribution in [0.3, 0.4) is 0 Å². The Morgan fingerprint density at radius 2 is 1.71 bits per heavy atom. The molecule has 5 nitrogen and oxygen atoms in total. The third-order valence-electron chi connectivity index (χ3n) is 2.79. The predicted molar refractivity (Wildman–Crippen MR) is 80.1 cm³/mol. The molecule has 0 fully saturated rings. The summed E-state index contributed by atoms with van der Waals surface area (Å²) < 4.78 is 10.2. The van der Waals surface area contributed by atoms with Crippen molar-refractivity contribution >= 4 is 17.3 Å². The van der Waals surface area contributed by atoms with Crippen LogP contribution in [0.15, 0.2) is 54.6 Å². The molecule has 21 heavy (non-hydrogen) atoms. The number of ether oxygens (including phenoxy) is 2. The van der Waals surface area contributed by atoms with E-state index in [4.69, 9.17) is 14.6 Å². The van der Waals surface area contributed by atoms with E-state index in [1.807, 2.05) is 42.5 Å². The van der Waals surface area contributed by atoms with E-state index in [0.29, 0.717) is 5.75 Å². The van der Waals surface area contributed by atoms with Crippen LogP contribution in [0.5, 0.6) is 5.75 Å². The fourth-order valence-corrected chi connectivity index (χ4v) is 1.78. The minimum Gasteiger partial charge on any atom is -0.478 e. The topological polar surface area (TPSA) is 67.8 Å². The van der Waals surface area contributed by atoms with Crippen LogP contribution in [-0.4, -0.2) is 30.9 Å². The number of carboxylic acids is 1. The Morgan fingerprint density at radius 1 is 1.10 bits per heavy atom. The zero-order chi connectivity index (χ0) is 15.1. The molecule has 0 aliphatic heterocycles. The molecule has 2 N–H and O–H groups in total. The van der Waals surface area contributed by atoms with E-state index in [1.54, 1.807) is 12.1 Å². The summed E-state index contributed by atoms with van der Waals surface area (Å²) in [7, 11) is 1.44. The van der Waals surface area contributed by atoms with Gasteiger partial charge in [0.2, 0.25) is 6.10 Å². The van der Waals surface area contributed by atoms with Crippen LogP contribution >= 0.6 is 0 Å². The van der Waals surface area contributed by atoms with Gasteiger partial charge >= 0.3 is 5.97 Å². The second-order valence-electron chi connectivity index (χ2n) is 4.42. The van der Waals surface area contributed by atoms with Gasteiger partial charge in [-0.05, 0) is 36.4 Å². The van der Waals surface area contributed by atoms with Crippen molar-refractivity contribution in [3.05, 3.63) is 54.6 Å². The first-order chi connectivity index (χ1) is 10.2. The quantitative estimate of drug-likeness (QED) is 0.819. The molecule has 0 amide bonds. The molecule has 1 unspecified atom stereocenters. The van der Waals surface area contributed by atoms with Crippen molar-refractivity contribution in [2.75, 3.05) is 19.0 Å². The van der Waals surface area contributed by atoms with Gasteiger partial charge in [-0.25, -0.2) is 4.79 Å². The summed E-state index contributed by atoms with van der Waals surface area (Å²) in [6.45, 7) is -0.000645. The van der Waals surface area contributed by atoms with E-state index in [0.717, 1.165) is 11.4 Å². The van der Waals surface area contributed by atoms with Gasteiger partial charge in [0.15, 0.2) is 0 Å². The van der Waals surface area contributed by atoms with Crippen LogP contribution in [0.1, 0.15) is 0 Å². The van der Waals surface area contributed by atoms with E-state index >= 15 is 0 Å². The lowest BCUT2D eigenvalue weighted by Gasteiger charge is -2.14. The lowest BCUT2D eigenvalue weighted by atomic mass is 10.2. The minimum absolute atomic E-state index is 0.000645. The van der Waals surface area contributed by atoms with Gasteiger partial charge in [0, 0.05) is 18.5 Å². The lowest BCUT2D eigenvalue weighted by molar-refractivity contribution is -0.147. The monoisotopic (exact) mass is 287 g/mol. The van der Waals surface area contributed by atoms with Crippen LogP contribution in [-0.2, 0) is 9.53 Å². The second-order valence-corrected chi connectivity index (χ2v) is 4.42. The number of methoxy groups -OCH3 is 1. The first kappa shape index (κ1) is 14.9. The largest absolute Gasteiger partial charge is 0.478 e. The molecule has 0 aliphatic rings. The van der Waals surface area contributed by atoms with Crippen molar-refractivity contribution in [1.29, 1.82) is 0 Å². The summed E-state index contributed by atoms with van der Waals surface area (Å²) in [6.07, 6.45) is -1.01. The number of nitrogens with one attached hydrogen (secondary N) is 1. The molecule has 0 radical (unpaired) electrons. The van der Waals surface area contributed by atoms with Crippen molar-refractivity contribution in [2.24, 2.45) is 0 Å². The number of hydrogen-bond donors (Lipinski definition) is 2. The van der Waals surface area contributed by atoms with Gasteiger partial charge in [0.1, 0.15) is 5.75 Å². The first-order valence-corrected chi connectivity index (χ1v) is 6.49. The maximum Gasteiger partial charge on any atom is 0.347 e. The molecule has 0 aromatic heterocycles. The lowest BCUT2D eigenvalue weighted by Crippen LogP contribution is -2.31. The minimum atomic E-state index is -1.05. The van der Waals surface area contributed by atoms with E-state index in [9.17, 15) is 4.79 Å². The summed E-state index contributed by atoms with van der Waals surface area (Å²) in [5.41, 5.74) is 1.88. The number of carbonyl (C=O) groups is 1. The van der Waals surface area contributed by atoms with Crippen LogP contribution in [0.2, 0.25) is 0 Å². The Bertz CT molecular complexity index is 569. The molecular weight excluding hydrogens is 270 g/mol. The van der Waals surface area contributed by atoms with Crippen molar-refractivity contribution in [2.45, 2.75) is 6.10 Å². The zero-order valence-corrected chi connectivity index (χ0v) is 11.7. The van der Waals surface area contributed by atoms with Gasteiger partial charge < -0.3 is 19.9 Å². The molecule has 2 rings (SSSR count). The van der Waals surface area contributed by atoms with Crippen LogP contribution in [0.4, 0.5) is 11.4 Å². The van der Waals surface area contributed by atoms with Gasteiger partial charge in [-0.2, -0.15) is 0 Å². The van der Waals surface area contributed by atoms with Crippen molar-refractivity contribution in [3.8, 4) is 5.75 Å². The van der Waals surface area contributed by atoms with E-state index in [1.165, 1.54) is 7.11 Å². The molecule has 0 aliphatic carbocycles. The Balaban J connectivity index is 2.00.